The molecule has 10 bridgehead atoms. The van der Waals surface area contributed by atoms with Crippen LogP contribution in [0.5, 0.6) is 34.5 Å². The van der Waals surface area contributed by atoms with Crippen LogP contribution in [0.15, 0.2) is 97.1 Å². The lowest BCUT2D eigenvalue weighted by Gasteiger charge is -2.22. The summed E-state index contributed by atoms with van der Waals surface area (Å²) in [5, 5.41) is 0. The molecule has 1 aliphatic carbocycles. The highest BCUT2D eigenvalue weighted by Crippen LogP contribution is 2.39. The van der Waals surface area contributed by atoms with E-state index in [2.05, 4.69) is 86.6 Å². The van der Waals surface area contributed by atoms with Gasteiger partial charge in [0.15, 0.2) is 11.5 Å². The van der Waals surface area contributed by atoms with Crippen molar-refractivity contribution in [2.75, 3.05) is 66.1 Å². The molecule has 8 heteroatoms. The number of hydrogen-bond acceptors (Lipinski definition) is 8. The van der Waals surface area contributed by atoms with E-state index < -0.39 is 0 Å². The molecule has 0 amide bonds. The molecule has 0 aromatic heterocycles. The van der Waals surface area contributed by atoms with E-state index in [1.165, 1.54) is 0 Å². The monoisotopic (exact) mass is 758 g/mol. The number of benzene rings is 5. The van der Waals surface area contributed by atoms with Crippen LogP contribution < -0.4 is 28.4 Å². The molecule has 0 radical (unpaired) electrons. The molecule has 0 N–H and O–H groups in total. The lowest BCUT2D eigenvalue weighted by atomic mass is 9.91. The van der Waals surface area contributed by atoms with Gasteiger partial charge in [0, 0.05) is 25.7 Å². The summed E-state index contributed by atoms with van der Waals surface area (Å²) in [6.45, 7) is 8.72. The van der Waals surface area contributed by atoms with E-state index in [-0.39, 0.29) is 0 Å². The fourth-order valence-corrected chi connectivity index (χ4v) is 7.36. The van der Waals surface area contributed by atoms with Crippen LogP contribution in [-0.2, 0) is 35.2 Å². The van der Waals surface area contributed by atoms with Crippen molar-refractivity contribution in [3.63, 3.8) is 0 Å². The van der Waals surface area contributed by atoms with Crippen molar-refractivity contribution in [2.24, 2.45) is 0 Å². The largest absolute Gasteiger partial charge is 0.493 e. The Morgan fingerprint density at radius 2 is 0.696 bits per heavy atom. The highest BCUT2D eigenvalue weighted by molar-refractivity contribution is 5.56. The number of hydrogen-bond donors (Lipinski definition) is 0. The smallest absolute Gasteiger partial charge is 0.161 e. The molecule has 8 rings (SSSR count). The van der Waals surface area contributed by atoms with Crippen LogP contribution in [0.2, 0.25) is 0 Å². The fourth-order valence-electron chi connectivity index (χ4n) is 7.36. The van der Waals surface area contributed by atoms with Gasteiger partial charge in [0.2, 0.25) is 0 Å². The lowest BCUT2D eigenvalue weighted by Crippen LogP contribution is -2.14. The van der Waals surface area contributed by atoms with Crippen LogP contribution in [0.25, 0.3) is 0 Å². The summed E-state index contributed by atoms with van der Waals surface area (Å²) in [6, 6.07) is 33.6. The second-order valence-electron chi connectivity index (χ2n) is 14.1. The van der Waals surface area contributed by atoms with Gasteiger partial charge in [-0.25, -0.2) is 0 Å². The van der Waals surface area contributed by atoms with E-state index in [0.29, 0.717) is 103 Å². The Hall–Kier alpha value is -5.18. The molecule has 0 saturated carbocycles. The topological polar surface area (TPSA) is 73.8 Å². The minimum Gasteiger partial charge on any atom is -0.493 e. The maximum Gasteiger partial charge on any atom is 0.161 e. The van der Waals surface area contributed by atoms with Crippen molar-refractivity contribution < 1.29 is 37.9 Å². The van der Waals surface area contributed by atoms with Crippen molar-refractivity contribution in [1.82, 2.24) is 0 Å². The summed E-state index contributed by atoms with van der Waals surface area (Å²) in [5.41, 5.74) is 8.85. The fraction of sp³-hybridized carbons (Fsp3) is 0.375. The van der Waals surface area contributed by atoms with E-state index in [0.717, 1.165) is 80.3 Å². The van der Waals surface area contributed by atoms with Crippen LogP contribution in [0, 0.1) is 0 Å². The first-order valence-electron chi connectivity index (χ1n) is 20.2. The predicted molar refractivity (Wildman–Crippen MR) is 219 cm³/mol. The second kappa shape index (κ2) is 20.1. The van der Waals surface area contributed by atoms with Gasteiger partial charge in [-0.3, -0.25) is 0 Å². The SMILES string of the molecule is CCCOc1c2cccc1Cc1cccc3c1OCCOCCOc1ccccc1OCCOCCOc1c(cccc1Cc1cccc(c1OCCC)C3)C2. The molecule has 8 nitrogen and oxygen atoms in total. The summed E-state index contributed by atoms with van der Waals surface area (Å²) in [7, 11) is 0. The number of para-hydroxylation sites is 6. The van der Waals surface area contributed by atoms with Gasteiger partial charge in [-0.15, -0.1) is 0 Å². The minimum absolute atomic E-state index is 0.382. The molecule has 0 fully saturated rings. The minimum atomic E-state index is 0.382. The van der Waals surface area contributed by atoms with Crippen LogP contribution in [0.3, 0.4) is 0 Å². The van der Waals surface area contributed by atoms with Crippen LogP contribution >= 0.6 is 0 Å². The Balaban J connectivity index is 1.33. The van der Waals surface area contributed by atoms with Crippen LogP contribution in [0.4, 0.5) is 0 Å². The Morgan fingerprint density at radius 3 is 1.04 bits per heavy atom. The molecule has 5 aromatic rings. The van der Waals surface area contributed by atoms with Gasteiger partial charge in [-0.05, 0) is 69.5 Å². The predicted octanol–water partition coefficient (Wildman–Crippen LogP) is 9.20. The first-order valence-corrected chi connectivity index (χ1v) is 20.2. The van der Waals surface area contributed by atoms with Crippen molar-refractivity contribution in [1.29, 1.82) is 0 Å². The molecule has 2 heterocycles. The van der Waals surface area contributed by atoms with Gasteiger partial charge >= 0.3 is 0 Å². The normalized spacial score (nSPS) is 15.2. The van der Waals surface area contributed by atoms with Gasteiger partial charge in [-0.2, -0.15) is 0 Å². The average Bonchev–Trinajstić information content (AvgIpc) is 3.21. The first kappa shape index (κ1) is 39.1. The first-order chi connectivity index (χ1) is 27.7. The van der Waals surface area contributed by atoms with E-state index in [1.54, 1.807) is 0 Å². The molecular weight excluding hydrogens is 705 g/mol. The Labute approximate surface area is 331 Å². The van der Waals surface area contributed by atoms with E-state index in [1.807, 2.05) is 24.3 Å². The van der Waals surface area contributed by atoms with Crippen molar-refractivity contribution in [2.45, 2.75) is 52.4 Å². The molecule has 0 saturated heterocycles. The Morgan fingerprint density at radius 1 is 0.375 bits per heavy atom. The maximum absolute atomic E-state index is 6.71. The summed E-state index contributed by atoms with van der Waals surface area (Å²) >= 11 is 0. The van der Waals surface area contributed by atoms with Gasteiger partial charge in [0.25, 0.3) is 0 Å². The number of fused-ring (bicyclic) bond motifs is 12. The zero-order valence-corrected chi connectivity index (χ0v) is 32.8. The summed E-state index contributed by atoms with van der Waals surface area (Å²) in [6.07, 6.45) is 4.39. The molecular formula is C48H54O8. The third kappa shape index (κ3) is 9.97. The zero-order chi connectivity index (χ0) is 38.4. The zero-order valence-electron chi connectivity index (χ0n) is 32.8. The molecule has 0 unspecified atom stereocenters. The molecule has 3 aliphatic rings. The standard InChI is InChI=1S/C48H54O8/c1-3-21-53-45-35-11-7-12-36(45)32-40-16-10-18-42-34-38-14-8-13-37(46(38)54-22-4-2)33-41-17-9-15-39(31-35)47(41)55-29-25-49-23-27-51-43-19-5-6-20-44(43)52-28-24-50-26-30-56-48(40)42/h5-20H,3-4,21-34H2,1-2H3. The molecule has 56 heavy (non-hydrogen) atoms. The summed E-state index contributed by atoms with van der Waals surface area (Å²) in [4.78, 5) is 0. The molecule has 294 valence electrons. The molecule has 0 spiro atoms. The summed E-state index contributed by atoms with van der Waals surface area (Å²) in [5.74, 6) is 4.94. The van der Waals surface area contributed by atoms with Crippen LogP contribution in [0.1, 0.15) is 71.2 Å². The van der Waals surface area contributed by atoms with E-state index in [4.69, 9.17) is 37.9 Å². The maximum atomic E-state index is 6.71. The summed E-state index contributed by atoms with van der Waals surface area (Å²) < 4.78 is 50.8. The molecule has 0 atom stereocenters. The second-order valence-corrected chi connectivity index (χ2v) is 14.1. The van der Waals surface area contributed by atoms with Gasteiger partial charge in [-0.1, -0.05) is 98.8 Å². The Kier molecular flexibility index (Phi) is 14.0. The van der Waals surface area contributed by atoms with E-state index in [9.17, 15) is 0 Å². The highest BCUT2D eigenvalue weighted by atomic mass is 16.6. The van der Waals surface area contributed by atoms with Gasteiger partial charge in [0.05, 0.1) is 39.6 Å². The molecule has 5 aromatic carbocycles. The molecule has 2 aliphatic heterocycles. The van der Waals surface area contributed by atoms with Crippen molar-refractivity contribution >= 4 is 0 Å². The van der Waals surface area contributed by atoms with Crippen LogP contribution in [-0.4, -0.2) is 66.1 Å². The van der Waals surface area contributed by atoms with Crippen molar-refractivity contribution in [3.8, 4) is 34.5 Å². The lowest BCUT2D eigenvalue weighted by molar-refractivity contribution is 0.0695. The highest BCUT2D eigenvalue weighted by Gasteiger charge is 2.22. The number of rotatable bonds is 6. The third-order valence-electron chi connectivity index (χ3n) is 9.90. The average molecular weight is 759 g/mol. The van der Waals surface area contributed by atoms with E-state index >= 15 is 0 Å². The number of ether oxygens (including phenoxy) is 8. The quantitative estimate of drug-likeness (QED) is 0.156. The van der Waals surface area contributed by atoms with Gasteiger partial charge in [0.1, 0.15) is 49.4 Å². The Bertz CT molecular complexity index is 1790. The third-order valence-corrected chi connectivity index (χ3v) is 9.90. The van der Waals surface area contributed by atoms with Crippen molar-refractivity contribution in [3.05, 3.63) is 142 Å². The van der Waals surface area contributed by atoms with Gasteiger partial charge < -0.3 is 37.9 Å².